The molecule has 17 rings (SSSR count). The lowest BCUT2D eigenvalue weighted by molar-refractivity contribution is 1.18. The van der Waals surface area contributed by atoms with Crippen LogP contribution >= 0.6 is 11.3 Å². The van der Waals surface area contributed by atoms with Gasteiger partial charge in [-0.3, -0.25) is 0 Å². The molecule has 17 aromatic rings. The number of hydrogen-bond acceptors (Lipinski definition) is 1. The maximum absolute atomic E-state index is 2.47. The normalized spacial score (nSPS) is 12.1. The minimum Gasteiger partial charge on any atom is -0.309 e. The Kier molecular flexibility index (Phi) is 9.62. The molecule has 0 atom stereocenters. The Labute approximate surface area is 459 Å². The Morgan fingerprint density at radius 2 is 0.519 bits per heavy atom. The van der Waals surface area contributed by atoms with E-state index in [1.54, 1.807) is 0 Å². The highest BCUT2D eigenvalue weighted by molar-refractivity contribution is 7.26. The van der Waals surface area contributed by atoms with Gasteiger partial charge >= 0.3 is 0 Å². The van der Waals surface area contributed by atoms with Crippen molar-refractivity contribution in [2.24, 2.45) is 0 Å². The van der Waals surface area contributed by atoms with Crippen molar-refractivity contribution in [3.8, 4) is 55.9 Å². The Bertz CT molecular complexity index is 5250. The molecule has 0 aliphatic heterocycles. The molecule has 0 unspecified atom stereocenters. The van der Waals surface area contributed by atoms with E-state index in [9.17, 15) is 0 Å². The van der Waals surface area contributed by atoms with Crippen molar-refractivity contribution >= 4 is 118 Å². The van der Waals surface area contributed by atoms with Gasteiger partial charge in [0.05, 0.1) is 22.1 Å². The maximum atomic E-state index is 2.47. The summed E-state index contributed by atoms with van der Waals surface area (Å²) in [6.07, 6.45) is 0. The van der Waals surface area contributed by atoms with Crippen molar-refractivity contribution in [3.05, 3.63) is 279 Å². The second kappa shape index (κ2) is 17.2. The Hall–Kier alpha value is -10.1. The molecule has 0 saturated carbocycles. The summed E-state index contributed by atoms with van der Waals surface area (Å²) in [5.41, 5.74) is 17.2. The van der Waals surface area contributed by atoms with E-state index >= 15 is 0 Å². The molecule has 0 saturated heterocycles. The van der Waals surface area contributed by atoms with Crippen LogP contribution in [0.2, 0.25) is 0 Å². The molecule has 0 aliphatic carbocycles. The highest BCUT2D eigenvalue weighted by Crippen LogP contribution is 2.53. The fourth-order valence-electron chi connectivity index (χ4n) is 13.8. The van der Waals surface area contributed by atoms with Crippen molar-refractivity contribution < 1.29 is 0 Å². The molecule has 3 heteroatoms. The molecule has 0 spiro atoms. The molecule has 3 heterocycles. The van der Waals surface area contributed by atoms with Crippen LogP contribution in [0.5, 0.6) is 0 Å². The number of hydrogen-bond donors (Lipinski definition) is 0. The lowest BCUT2D eigenvalue weighted by Gasteiger charge is -2.20. The first-order valence-corrected chi connectivity index (χ1v) is 28.1. The van der Waals surface area contributed by atoms with Crippen LogP contribution in [0.1, 0.15) is 0 Å². The number of fused-ring (bicyclic) bond motifs is 13. The average Bonchev–Trinajstić information content (AvgIpc) is 4.38. The minimum atomic E-state index is 1.15. The minimum absolute atomic E-state index is 1.15. The van der Waals surface area contributed by atoms with E-state index < -0.39 is 0 Å². The largest absolute Gasteiger partial charge is 0.309 e. The molecule has 0 radical (unpaired) electrons. The predicted molar refractivity (Wildman–Crippen MR) is 340 cm³/mol. The van der Waals surface area contributed by atoms with Crippen molar-refractivity contribution in [1.82, 2.24) is 9.13 Å². The van der Waals surface area contributed by atoms with E-state index in [-0.39, 0.29) is 0 Å². The predicted octanol–water partition coefficient (Wildman–Crippen LogP) is 21.5. The summed E-state index contributed by atoms with van der Waals surface area (Å²) in [6.45, 7) is 0. The van der Waals surface area contributed by atoms with E-state index in [1.165, 1.54) is 151 Å². The smallest absolute Gasteiger partial charge is 0.0619 e. The van der Waals surface area contributed by atoms with Gasteiger partial charge in [0.1, 0.15) is 0 Å². The second-order valence-corrected chi connectivity index (χ2v) is 22.0. The summed E-state index contributed by atoms with van der Waals surface area (Å²) in [4.78, 5) is 0. The quantitative estimate of drug-likeness (QED) is 0.147. The van der Waals surface area contributed by atoms with Gasteiger partial charge in [-0.15, -0.1) is 11.3 Å². The van der Waals surface area contributed by atoms with Gasteiger partial charge in [-0.2, -0.15) is 0 Å². The van der Waals surface area contributed by atoms with Crippen LogP contribution in [0, 0.1) is 0 Å². The molecular weight excluding hydrogens is 973 g/mol. The van der Waals surface area contributed by atoms with Gasteiger partial charge in [0.2, 0.25) is 0 Å². The summed E-state index contributed by atoms with van der Waals surface area (Å²) in [7, 11) is 0. The molecule has 366 valence electrons. The molecule has 3 aromatic heterocycles. The molecule has 0 fully saturated rings. The maximum Gasteiger partial charge on any atom is 0.0619 e. The van der Waals surface area contributed by atoms with E-state index in [2.05, 4.69) is 288 Å². The highest BCUT2D eigenvalue weighted by Gasteiger charge is 2.26. The van der Waals surface area contributed by atoms with Crippen molar-refractivity contribution in [2.75, 3.05) is 0 Å². The van der Waals surface area contributed by atoms with Crippen LogP contribution in [0.15, 0.2) is 279 Å². The molecule has 0 amide bonds. The van der Waals surface area contributed by atoms with E-state index in [1.807, 2.05) is 11.3 Å². The highest BCUT2D eigenvalue weighted by atomic mass is 32.1. The van der Waals surface area contributed by atoms with E-state index in [0.29, 0.717) is 0 Å². The van der Waals surface area contributed by atoms with Crippen molar-refractivity contribution in [2.45, 2.75) is 0 Å². The zero-order chi connectivity index (χ0) is 51.7. The standard InChI is InChI=1S/C76H46N2S/c1-3-23-47(24-4-1)77-66-44-17-15-27-49(66)59-37-19-40-62(74(59)77)70-53-31-9-7-29-51(53)69(52-30-8-10-32-54(52)70)61-39-22-46-68-73(61)65-43-21-42-64(76(65)79-68)72-57-35-13-11-33-55(57)71(56-34-12-14-36-58(56)72)63-41-20-38-60-50-28-16-18-45-67(50)78(75(60)63)48-25-5-2-6-26-48/h1-46H. The van der Waals surface area contributed by atoms with Gasteiger partial charge in [0, 0.05) is 69.8 Å². The van der Waals surface area contributed by atoms with Crippen molar-refractivity contribution in [3.63, 3.8) is 0 Å². The molecule has 2 nitrogen and oxygen atoms in total. The third-order valence-electron chi connectivity index (χ3n) is 16.9. The SMILES string of the molecule is c1ccc(-n2c3ccccc3c3cccc(-c4c5ccccc5c(-c5cccc6c5sc5cccc(-c7c8ccccc8c(-c8cccc9c%10ccccc%10n(-c%10ccccc%10)c89)c8ccccc78)c56)c5ccccc45)c32)cc1. The molecule has 79 heavy (non-hydrogen) atoms. The summed E-state index contributed by atoms with van der Waals surface area (Å²) >= 11 is 1.92. The van der Waals surface area contributed by atoms with Gasteiger partial charge in [-0.1, -0.05) is 237 Å². The van der Waals surface area contributed by atoms with Crippen molar-refractivity contribution in [1.29, 1.82) is 0 Å². The zero-order valence-corrected chi connectivity index (χ0v) is 43.7. The Morgan fingerprint density at radius 3 is 0.949 bits per heavy atom. The molecule has 14 aromatic carbocycles. The molecular formula is C76H46N2S. The van der Waals surface area contributed by atoms with Gasteiger partial charge in [-0.05, 0) is 113 Å². The van der Waals surface area contributed by atoms with E-state index in [4.69, 9.17) is 0 Å². The number of rotatable bonds is 6. The summed E-state index contributed by atoms with van der Waals surface area (Å²) in [6, 6.07) is 104. The van der Waals surface area contributed by atoms with Gasteiger partial charge in [-0.25, -0.2) is 0 Å². The first-order chi connectivity index (χ1) is 39.3. The topological polar surface area (TPSA) is 9.86 Å². The van der Waals surface area contributed by atoms with Crippen LogP contribution in [-0.2, 0) is 0 Å². The van der Waals surface area contributed by atoms with Crippen LogP contribution in [-0.4, -0.2) is 9.13 Å². The average molecular weight is 1020 g/mol. The first-order valence-electron chi connectivity index (χ1n) is 27.3. The number of para-hydroxylation sites is 6. The lowest BCUT2D eigenvalue weighted by atomic mass is 9.84. The summed E-state index contributed by atoms with van der Waals surface area (Å²) in [5.74, 6) is 0. The fraction of sp³-hybridized carbons (Fsp3) is 0. The molecule has 0 bridgehead atoms. The van der Waals surface area contributed by atoms with E-state index in [0.717, 1.165) is 11.4 Å². The monoisotopic (exact) mass is 1020 g/mol. The Morgan fingerprint density at radius 1 is 0.215 bits per heavy atom. The number of nitrogens with zero attached hydrogens (tertiary/aromatic N) is 2. The summed E-state index contributed by atoms with van der Waals surface area (Å²) in [5, 5.41) is 17.5. The van der Waals surface area contributed by atoms with Crippen LogP contribution in [0.25, 0.3) is 163 Å². The molecule has 0 aliphatic rings. The Balaban J connectivity index is 0.920. The fourth-order valence-corrected chi connectivity index (χ4v) is 15.1. The first kappa shape index (κ1) is 44.1. The third-order valence-corrected chi connectivity index (χ3v) is 18.1. The number of thiophene rings is 1. The zero-order valence-electron chi connectivity index (χ0n) is 42.9. The number of benzene rings is 14. The lowest BCUT2D eigenvalue weighted by Crippen LogP contribution is -1.97. The van der Waals surface area contributed by atoms with Crippen LogP contribution in [0.4, 0.5) is 0 Å². The van der Waals surface area contributed by atoms with Gasteiger partial charge < -0.3 is 9.13 Å². The van der Waals surface area contributed by atoms with Gasteiger partial charge in [0.25, 0.3) is 0 Å². The van der Waals surface area contributed by atoms with Gasteiger partial charge in [0.15, 0.2) is 0 Å². The summed E-state index contributed by atoms with van der Waals surface area (Å²) < 4.78 is 7.52. The third kappa shape index (κ3) is 6.34. The van der Waals surface area contributed by atoms with Crippen LogP contribution < -0.4 is 0 Å². The second-order valence-electron chi connectivity index (χ2n) is 20.9. The number of aromatic nitrogens is 2. The van der Waals surface area contributed by atoms with Crippen LogP contribution in [0.3, 0.4) is 0 Å². The molecule has 0 N–H and O–H groups in total.